The molecule has 0 unspecified atom stereocenters. The predicted molar refractivity (Wildman–Crippen MR) is 94.3 cm³/mol. The van der Waals surface area contributed by atoms with Crippen LogP contribution in [0.4, 0.5) is 0 Å². The number of para-hydroxylation sites is 1. The summed E-state index contributed by atoms with van der Waals surface area (Å²) in [5.41, 5.74) is 2.20. The summed E-state index contributed by atoms with van der Waals surface area (Å²) in [5.74, 6) is 1.90. The summed E-state index contributed by atoms with van der Waals surface area (Å²) < 4.78 is 5.54. The molecule has 2 rings (SSSR count). The van der Waals surface area contributed by atoms with Crippen molar-refractivity contribution >= 4 is 15.9 Å². The molecular weight excluding hydrogens is 324 g/mol. The summed E-state index contributed by atoms with van der Waals surface area (Å²) in [6.07, 6.45) is 6.46. The third-order valence-electron chi connectivity index (χ3n) is 5.31. The maximum Gasteiger partial charge on any atom is 0.122 e. The van der Waals surface area contributed by atoms with E-state index in [2.05, 4.69) is 61.0 Å². The summed E-state index contributed by atoms with van der Waals surface area (Å²) in [6, 6.07) is 8.48. The lowest BCUT2D eigenvalue weighted by Gasteiger charge is -2.43. The summed E-state index contributed by atoms with van der Waals surface area (Å²) in [5, 5.41) is 1.09. The third-order valence-corrected chi connectivity index (χ3v) is 6.50. The monoisotopic (exact) mass is 352 g/mol. The standard InChI is InChI=1S/C19H29BrO/c1-18(2,3)16-9-11-19(14-20,12-10-16)13-15-7-5-6-8-17(15)21-4/h5-8,16H,9-14H2,1-4H3. The zero-order valence-corrected chi connectivity index (χ0v) is 15.5. The smallest absolute Gasteiger partial charge is 0.122 e. The number of hydrogen-bond donors (Lipinski definition) is 0. The van der Waals surface area contributed by atoms with E-state index in [1.807, 2.05) is 0 Å². The quantitative estimate of drug-likeness (QED) is 0.617. The van der Waals surface area contributed by atoms with Gasteiger partial charge in [-0.1, -0.05) is 54.9 Å². The highest BCUT2D eigenvalue weighted by Gasteiger charge is 2.38. The minimum absolute atomic E-state index is 0.399. The van der Waals surface area contributed by atoms with Gasteiger partial charge < -0.3 is 4.74 Å². The number of rotatable bonds is 4. The highest BCUT2D eigenvalue weighted by Crippen LogP contribution is 2.48. The molecule has 0 radical (unpaired) electrons. The van der Waals surface area contributed by atoms with E-state index in [1.54, 1.807) is 7.11 Å². The fourth-order valence-corrected chi connectivity index (χ4v) is 4.47. The van der Waals surface area contributed by atoms with E-state index in [0.717, 1.165) is 23.4 Å². The predicted octanol–water partition coefficient (Wildman–Crippen LogP) is 5.86. The molecule has 118 valence electrons. The molecule has 1 fully saturated rings. The number of benzene rings is 1. The summed E-state index contributed by atoms with van der Waals surface area (Å²) in [4.78, 5) is 0. The maximum atomic E-state index is 5.54. The first-order chi connectivity index (χ1) is 9.90. The molecule has 0 saturated heterocycles. The minimum Gasteiger partial charge on any atom is -0.496 e. The second kappa shape index (κ2) is 6.73. The first kappa shape index (κ1) is 16.9. The van der Waals surface area contributed by atoms with E-state index in [-0.39, 0.29) is 0 Å². The average molecular weight is 353 g/mol. The van der Waals surface area contributed by atoms with E-state index in [1.165, 1.54) is 31.2 Å². The molecule has 1 aliphatic carbocycles. The molecule has 2 heteroatoms. The van der Waals surface area contributed by atoms with Gasteiger partial charge in [0.2, 0.25) is 0 Å². The SMILES string of the molecule is COc1ccccc1CC1(CBr)CCC(C(C)(C)C)CC1. The van der Waals surface area contributed by atoms with Gasteiger partial charge in [0, 0.05) is 5.33 Å². The lowest BCUT2D eigenvalue weighted by molar-refractivity contribution is 0.103. The Kier molecular flexibility index (Phi) is 5.40. The van der Waals surface area contributed by atoms with Crippen LogP contribution in [0.2, 0.25) is 0 Å². The topological polar surface area (TPSA) is 9.23 Å². The Labute approximate surface area is 138 Å². The molecule has 0 bridgehead atoms. The van der Waals surface area contributed by atoms with Gasteiger partial charge in [-0.15, -0.1) is 0 Å². The van der Waals surface area contributed by atoms with Crippen LogP contribution >= 0.6 is 15.9 Å². The molecule has 0 aromatic heterocycles. The number of ether oxygens (including phenoxy) is 1. The Morgan fingerprint density at radius 2 is 1.81 bits per heavy atom. The van der Waals surface area contributed by atoms with Crippen molar-refractivity contribution < 1.29 is 4.74 Å². The lowest BCUT2D eigenvalue weighted by Crippen LogP contribution is -2.35. The molecule has 0 aliphatic heterocycles. The van der Waals surface area contributed by atoms with E-state index in [4.69, 9.17) is 4.74 Å². The fraction of sp³-hybridized carbons (Fsp3) is 0.684. The molecule has 0 spiro atoms. The van der Waals surface area contributed by atoms with Gasteiger partial charge in [0.05, 0.1) is 7.11 Å². The molecule has 21 heavy (non-hydrogen) atoms. The van der Waals surface area contributed by atoms with Crippen LogP contribution < -0.4 is 4.74 Å². The van der Waals surface area contributed by atoms with Gasteiger partial charge in [-0.3, -0.25) is 0 Å². The Morgan fingerprint density at radius 1 is 1.19 bits per heavy atom. The summed E-state index contributed by atoms with van der Waals surface area (Å²) >= 11 is 3.80. The van der Waals surface area contributed by atoms with Crippen LogP contribution in [-0.4, -0.2) is 12.4 Å². The van der Waals surface area contributed by atoms with Crippen LogP contribution in [0.3, 0.4) is 0 Å². The molecule has 0 atom stereocenters. The molecule has 1 aromatic rings. The van der Waals surface area contributed by atoms with Gasteiger partial charge in [0.1, 0.15) is 5.75 Å². The van der Waals surface area contributed by atoms with Crippen molar-refractivity contribution in [3.8, 4) is 5.75 Å². The van der Waals surface area contributed by atoms with Crippen molar-refractivity contribution in [2.75, 3.05) is 12.4 Å². The minimum atomic E-state index is 0.399. The molecule has 1 saturated carbocycles. The zero-order valence-electron chi connectivity index (χ0n) is 13.9. The van der Waals surface area contributed by atoms with Crippen LogP contribution in [0.15, 0.2) is 24.3 Å². The molecule has 0 heterocycles. The zero-order chi connectivity index (χ0) is 15.5. The van der Waals surface area contributed by atoms with Gasteiger partial charge in [0.15, 0.2) is 0 Å². The molecule has 1 nitrogen and oxygen atoms in total. The number of halogens is 1. The number of alkyl halides is 1. The molecule has 0 N–H and O–H groups in total. The molecule has 1 aromatic carbocycles. The van der Waals surface area contributed by atoms with Gasteiger partial charge in [0.25, 0.3) is 0 Å². The van der Waals surface area contributed by atoms with Crippen LogP contribution in [-0.2, 0) is 6.42 Å². The van der Waals surface area contributed by atoms with Crippen LogP contribution in [0.5, 0.6) is 5.75 Å². The van der Waals surface area contributed by atoms with E-state index >= 15 is 0 Å². The second-order valence-electron chi connectivity index (χ2n) is 7.76. The Morgan fingerprint density at radius 3 is 2.33 bits per heavy atom. The summed E-state index contributed by atoms with van der Waals surface area (Å²) in [7, 11) is 1.77. The number of hydrogen-bond acceptors (Lipinski definition) is 1. The van der Waals surface area contributed by atoms with Crippen LogP contribution in [0, 0.1) is 16.7 Å². The molecular formula is C19H29BrO. The Bertz CT molecular complexity index is 453. The Hall–Kier alpha value is -0.500. The van der Waals surface area contributed by atoms with Crippen LogP contribution in [0.25, 0.3) is 0 Å². The van der Waals surface area contributed by atoms with Crippen molar-refractivity contribution in [2.24, 2.45) is 16.7 Å². The van der Waals surface area contributed by atoms with Crippen molar-refractivity contribution in [2.45, 2.75) is 52.9 Å². The van der Waals surface area contributed by atoms with Crippen molar-refractivity contribution in [1.29, 1.82) is 0 Å². The lowest BCUT2D eigenvalue weighted by atomic mass is 9.63. The summed E-state index contributed by atoms with van der Waals surface area (Å²) in [6.45, 7) is 7.16. The van der Waals surface area contributed by atoms with Crippen molar-refractivity contribution in [3.63, 3.8) is 0 Å². The maximum absolute atomic E-state index is 5.54. The van der Waals surface area contributed by atoms with Crippen LogP contribution in [0.1, 0.15) is 52.0 Å². The Balaban J connectivity index is 2.10. The van der Waals surface area contributed by atoms with Gasteiger partial charge in [-0.2, -0.15) is 0 Å². The van der Waals surface area contributed by atoms with Gasteiger partial charge >= 0.3 is 0 Å². The first-order valence-electron chi connectivity index (χ1n) is 8.08. The largest absolute Gasteiger partial charge is 0.496 e. The van der Waals surface area contributed by atoms with Gasteiger partial charge in [-0.25, -0.2) is 0 Å². The number of methoxy groups -OCH3 is 1. The van der Waals surface area contributed by atoms with Crippen molar-refractivity contribution in [3.05, 3.63) is 29.8 Å². The first-order valence-corrected chi connectivity index (χ1v) is 9.20. The second-order valence-corrected chi connectivity index (χ2v) is 8.32. The third kappa shape index (κ3) is 4.03. The van der Waals surface area contributed by atoms with Gasteiger partial charge in [-0.05, 0) is 60.5 Å². The van der Waals surface area contributed by atoms with E-state index < -0.39 is 0 Å². The fourth-order valence-electron chi connectivity index (χ4n) is 3.71. The molecule has 0 amide bonds. The molecule has 1 aliphatic rings. The van der Waals surface area contributed by atoms with Crippen molar-refractivity contribution in [1.82, 2.24) is 0 Å². The highest BCUT2D eigenvalue weighted by atomic mass is 79.9. The van der Waals surface area contributed by atoms with E-state index in [0.29, 0.717) is 10.8 Å². The highest BCUT2D eigenvalue weighted by molar-refractivity contribution is 9.09. The average Bonchev–Trinajstić information content (AvgIpc) is 2.47. The van der Waals surface area contributed by atoms with E-state index in [9.17, 15) is 0 Å². The normalized spacial score (nSPS) is 26.6.